The van der Waals surface area contributed by atoms with Crippen molar-refractivity contribution in [2.75, 3.05) is 18.9 Å². The molecule has 2 N–H and O–H groups in total. The number of rotatable bonds is 2. The summed E-state index contributed by atoms with van der Waals surface area (Å²) >= 11 is 0. The fraction of sp³-hybridized carbons (Fsp3) is 0.364. The molecule has 1 rings (SSSR count). The van der Waals surface area contributed by atoms with Crippen molar-refractivity contribution >= 4 is 11.6 Å². The molecule has 0 spiro atoms. The number of hydrogen-bond donors (Lipinski definition) is 2. The van der Waals surface area contributed by atoms with E-state index >= 15 is 0 Å². The van der Waals surface area contributed by atoms with Gasteiger partial charge >= 0.3 is 0 Å². The Morgan fingerprint density at radius 2 is 1.79 bits per heavy atom. The molecule has 0 unspecified atom stereocenters. The van der Waals surface area contributed by atoms with Crippen molar-refractivity contribution in [3.63, 3.8) is 0 Å². The van der Waals surface area contributed by atoms with E-state index in [0.29, 0.717) is 0 Å². The Morgan fingerprint density at radius 1 is 1.29 bits per heavy atom. The average Bonchev–Trinajstić information content (AvgIpc) is 2.19. The van der Waals surface area contributed by atoms with E-state index in [1.165, 1.54) is 6.92 Å². The molecule has 3 heteroatoms. The third-order valence-corrected chi connectivity index (χ3v) is 1.45. The molecule has 0 heterocycles. The van der Waals surface area contributed by atoms with Gasteiger partial charge in [-0.2, -0.15) is 0 Å². The van der Waals surface area contributed by atoms with Crippen LogP contribution in [0.3, 0.4) is 0 Å². The smallest absolute Gasteiger partial charge is 0.221 e. The number of para-hydroxylation sites is 1. The Kier molecular flexibility index (Phi) is 7.46. The van der Waals surface area contributed by atoms with Crippen LogP contribution < -0.4 is 10.6 Å². The summed E-state index contributed by atoms with van der Waals surface area (Å²) in [5.74, 6) is -0.0359. The van der Waals surface area contributed by atoms with Crippen LogP contribution in [0.1, 0.15) is 13.8 Å². The summed E-state index contributed by atoms with van der Waals surface area (Å²) in [6.07, 6.45) is 0. The maximum atomic E-state index is 10.5. The summed E-state index contributed by atoms with van der Waals surface area (Å²) in [7, 11) is 1.93. The second kappa shape index (κ2) is 8.26. The fourth-order valence-corrected chi connectivity index (χ4v) is 0.725. The second-order valence-corrected chi connectivity index (χ2v) is 2.75. The molecule has 0 fully saturated rings. The van der Waals surface area contributed by atoms with Gasteiger partial charge < -0.3 is 10.6 Å². The van der Waals surface area contributed by atoms with Crippen LogP contribution in [0.25, 0.3) is 0 Å². The molecule has 0 aliphatic heterocycles. The fourth-order valence-electron chi connectivity index (χ4n) is 0.725. The zero-order chi connectivity index (χ0) is 10.8. The van der Waals surface area contributed by atoms with E-state index in [1.54, 1.807) is 0 Å². The summed E-state index contributed by atoms with van der Waals surface area (Å²) in [6, 6.07) is 9.37. The molecule has 1 aromatic carbocycles. The quantitative estimate of drug-likeness (QED) is 0.754. The Balaban J connectivity index is 0.000000364. The van der Waals surface area contributed by atoms with Crippen LogP contribution in [0.5, 0.6) is 0 Å². The molecule has 0 radical (unpaired) electrons. The monoisotopic (exact) mass is 194 g/mol. The van der Waals surface area contributed by atoms with E-state index in [2.05, 4.69) is 17.6 Å². The van der Waals surface area contributed by atoms with Crippen LogP contribution in [0.2, 0.25) is 0 Å². The highest BCUT2D eigenvalue weighted by molar-refractivity contribution is 5.88. The van der Waals surface area contributed by atoms with Gasteiger partial charge in [0, 0.05) is 12.6 Å². The highest BCUT2D eigenvalue weighted by atomic mass is 16.1. The Labute approximate surface area is 85.5 Å². The minimum Gasteiger partial charge on any atom is -0.326 e. The summed E-state index contributed by atoms with van der Waals surface area (Å²) in [4.78, 5) is 10.5. The van der Waals surface area contributed by atoms with Crippen molar-refractivity contribution in [2.45, 2.75) is 13.8 Å². The number of anilines is 1. The van der Waals surface area contributed by atoms with Gasteiger partial charge in [0.05, 0.1) is 0 Å². The van der Waals surface area contributed by atoms with Crippen LogP contribution in [-0.2, 0) is 4.79 Å². The van der Waals surface area contributed by atoms with Gasteiger partial charge in [0.25, 0.3) is 0 Å². The van der Waals surface area contributed by atoms with E-state index in [1.807, 2.05) is 37.4 Å². The van der Waals surface area contributed by atoms with Crippen molar-refractivity contribution < 1.29 is 4.79 Å². The molecule has 0 saturated heterocycles. The number of carbonyl (C=O) groups is 1. The number of amides is 1. The van der Waals surface area contributed by atoms with Gasteiger partial charge in [-0.3, -0.25) is 4.79 Å². The maximum Gasteiger partial charge on any atom is 0.221 e. The zero-order valence-corrected chi connectivity index (χ0v) is 9.00. The van der Waals surface area contributed by atoms with Crippen LogP contribution in [0.15, 0.2) is 30.3 Å². The SMILES string of the molecule is CC(=O)Nc1ccccc1.CCNC. The van der Waals surface area contributed by atoms with Crippen LogP contribution in [-0.4, -0.2) is 19.5 Å². The van der Waals surface area contributed by atoms with Gasteiger partial charge in [0.15, 0.2) is 0 Å². The van der Waals surface area contributed by atoms with Crippen molar-refractivity contribution in [1.29, 1.82) is 0 Å². The molecule has 1 aromatic rings. The topological polar surface area (TPSA) is 41.1 Å². The van der Waals surface area contributed by atoms with Gasteiger partial charge in [-0.15, -0.1) is 0 Å². The van der Waals surface area contributed by atoms with Crippen LogP contribution >= 0.6 is 0 Å². The zero-order valence-electron chi connectivity index (χ0n) is 9.00. The van der Waals surface area contributed by atoms with E-state index < -0.39 is 0 Å². The first-order chi connectivity index (χ1) is 6.70. The van der Waals surface area contributed by atoms with Crippen molar-refractivity contribution in [3.05, 3.63) is 30.3 Å². The Bertz CT molecular complexity index is 245. The minimum atomic E-state index is -0.0359. The lowest BCUT2D eigenvalue weighted by Gasteiger charge is -1.98. The van der Waals surface area contributed by atoms with Gasteiger partial charge in [0.1, 0.15) is 0 Å². The standard InChI is InChI=1S/C8H9NO.C3H9N/c1-7(10)9-8-5-3-2-4-6-8;1-3-4-2/h2-6H,1H3,(H,9,10);4H,3H2,1-2H3. The lowest BCUT2D eigenvalue weighted by atomic mass is 10.3. The van der Waals surface area contributed by atoms with Gasteiger partial charge in [-0.1, -0.05) is 25.1 Å². The molecule has 0 aromatic heterocycles. The summed E-state index contributed by atoms with van der Waals surface area (Å²) in [5.41, 5.74) is 0.843. The lowest BCUT2D eigenvalue weighted by Crippen LogP contribution is -2.04. The van der Waals surface area contributed by atoms with Crippen LogP contribution in [0, 0.1) is 0 Å². The predicted octanol–water partition coefficient (Wildman–Crippen LogP) is 1.87. The van der Waals surface area contributed by atoms with Crippen molar-refractivity contribution in [1.82, 2.24) is 5.32 Å². The summed E-state index contributed by atoms with van der Waals surface area (Å²) in [5, 5.41) is 5.60. The first-order valence-corrected chi connectivity index (χ1v) is 4.68. The Hall–Kier alpha value is -1.35. The second-order valence-electron chi connectivity index (χ2n) is 2.75. The summed E-state index contributed by atoms with van der Waals surface area (Å²) < 4.78 is 0. The molecule has 0 aliphatic rings. The Morgan fingerprint density at radius 3 is 2.14 bits per heavy atom. The molecule has 0 atom stereocenters. The van der Waals surface area contributed by atoms with Gasteiger partial charge in [-0.25, -0.2) is 0 Å². The van der Waals surface area contributed by atoms with E-state index in [4.69, 9.17) is 0 Å². The van der Waals surface area contributed by atoms with E-state index in [9.17, 15) is 4.79 Å². The maximum absolute atomic E-state index is 10.5. The number of hydrogen-bond acceptors (Lipinski definition) is 2. The highest BCUT2D eigenvalue weighted by Crippen LogP contribution is 2.03. The molecular weight excluding hydrogens is 176 g/mol. The largest absolute Gasteiger partial charge is 0.326 e. The van der Waals surface area contributed by atoms with E-state index in [-0.39, 0.29) is 5.91 Å². The number of benzene rings is 1. The number of carbonyl (C=O) groups excluding carboxylic acids is 1. The third kappa shape index (κ3) is 7.31. The molecular formula is C11H18N2O. The normalized spacial score (nSPS) is 8.50. The van der Waals surface area contributed by atoms with Crippen LogP contribution in [0.4, 0.5) is 5.69 Å². The van der Waals surface area contributed by atoms with Gasteiger partial charge in [-0.05, 0) is 25.7 Å². The van der Waals surface area contributed by atoms with E-state index in [0.717, 1.165) is 12.2 Å². The molecule has 0 aliphatic carbocycles. The number of nitrogens with one attached hydrogen (secondary N) is 2. The first-order valence-electron chi connectivity index (χ1n) is 4.68. The van der Waals surface area contributed by atoms with Gasteiger partial charge in [0.2, 0.25) is 5.91 Å². The highest BCUT2D eigenvalue weighted by Gasteiger charge is 1.90. The predicted molar refractivity (Wildman–Crippen MR) is 60.3 cm³/mol. The van der Waals surface area contributed by atoms with Crippen molar-refractivity contribution in [2.24, 2.45) is 0 Å². The first kappa shape index (κ1) is 12.7. The molecule has 1 amide bonds. The molecule has 3 nitrogen and oxygen atoms in total. The average molecular weight is 194 g/mol. The molecule has 0 bridgehead atoms. The molecule has 0 saturated carbocycles. The molecule has 78 valence electrons. The third-order valence-electron chi connectivity index (χ3n) is 1.45. The minimum absolute atomic E-state index is 0.0359. The van der Waals surface area contributed by atoms with Crippen molar-refractivity contribution in [3.8, 4) is 0 Å². The lowest BCUT2D eigenvalue weighted by molar-refractivity contribution is -0.114. The molecule has 14 heavy (non-hydrogen) atoms. The summed E-state index contributed by atoms with van der Waals surface area (Å²) in [6.45, 7) is 4.63.